The first-order valence-electron chi connectivity index (χ1n) is 5.10. The van der Waals surface area contributed by atoms with Crippen molar-refractivity contribution in [2.24, 2.45) is 0 Å². The summed E-state index contributed by atoms with van der Waals surface area (Å²) < 4.78 is 0. The smallest absolute Gasteiger partial charge is 0.207 e. The molecule has 0 amide bonds. The van der Waals surface area contributed by atoms with Crippen molar-refractivity contribution in [1.82, 2.24) is 0 Å². The molecule has 0 spiro atoms. The molecule has 8 heteroatoms. The lowest BCUT2D eigenvalue weighted by molar-refractivity contribution is -0.480. The van der Waals surface area contributed by atoms with E-state index in [1.165, 1.54) is 6.07 Å². The minimum absolute atomic E-state index is 0.135. The van der Waals surface area contributed by atoms with E-state index in [1.807, 2.05) is 0 Å². The number of benzene rings is 1. The molecule has 1 aromatic rings. The quantitative estimate of drug-likeness (QED) is 0.596. The topological polar surface area (TPSA) is 86.3 Å². The van der Waals surface area contributed by atoms with Gasteiger partial charge in [-0.15, -0.1) is 0 Å². The first kappa shape index (κ1) is 14.7. The lowest BCUT2D eigenvalue weighted by atomic mass is 10.0. The summed E-state index contributed by atoms with van der Waals surface area (Å²) in [5.74, 6) is 0. The predicted octanol–water partition coefficient (Wildman–Crippen LogP) is 2.63. The molecule has 1 aromatic carbocycles. The van der Waals surface area contributed by atoms with E-state index in [9.17, 15) is 20.2 Å². The molecule has 0 aliphatic carbocycles. The Hall–Kier alpha value is -1.40. The zero-order valence-electron chi connectivity index (χ0n) is 9.27. The lowest BCUT2D eigenvalue weighted by Crippen LogP contribution is -2.10. The highest BCUT2D eigenvalue weighted by Crippen LogP contribution is 2.26. The predicted molar refractivity (Wildman–Crippen MR) is 67.6 cm³/mol. The van der Waals surface area contributed by atoms with E-state index in [4.69, 9.17) is 23.2 Å². The van der Waals surface area contributed by atoms with Gasteiger partial charge in [0.05, 0.1) is 0 Å². The van der Waals surface area contributed by atoms with Crippen LogP contribution in [0.3, 0.4) is 0 Å². The number of hydrogen-bond acceptors (Lipinski definition) is 4. The van der Waals surface area contributed by atoms with E-state index in [-0.39, 0.29) is 25.9 Å². The van der Waals surface area contributed by atoms with Crippen molar-refractivity contribution in [3.05, 3.63) is 53.5 Å². The molecule has 0 fully saturated rings. The fourth-order valence-electron chi connectivity index (χ4n) is 1.57. The van der Waals surface area contributed by atoms with Crippen LogP contribution in [0.5, 0.6) is 0 Å². The number of halogens is 2. The van der Waals surface area contributed by atoms with E-state index in [0.717, 1.165) is 0 Å². The summed E-state index contributed by atoms with van der Waals surface area (Å²) >= 11 is 11.8. The van der Waals surface area contributed by atoms with Crippen molar-refractivity contribution in [3.8, 4) is 0 Å². The van der Waals surface area contributed by atoms with E-state index in [1.54, 1.807) is 6.07 Å². The SMILES string of the molecule is O=[N+]([O-])CCc1cc(Cl)cc(Cl)c1CC[N+](=O)[O-]. The number of hydrogen-bond donors (Lipinski definition) is 0. The molecule has 18 heavy (non-hydrogen) atoms. The van der Waals surface area contributed by atoms with Crippen LogP contribution in [0.25, 0.3) is 0 Å². The fraction of sp³-hybridized carbons (Fsp3) is 0.400. The summed E-state index contributed by atoms with van der Waals surface area (Å²) in [6, 6.07) is 3.04. The highest BCUT2D eigenvalue weighted by atomic mass is 35.5. The summed E-state index contributed by atoms with van der Waals surface area (Å²) in [6.45, 7) is -0.533. The molecule has 0 N–H and O–H groups in total. The Morgan fingerprint density at radius 2 is 1.56 bits per heavy atom. The third kappa shape index (κ3) is 4.46. The molecule has 0 saturated heterocycles. The first-order valence-corrected chi connectivity index (χ1v) is 5.86. The van der Waals surface area contributed by atoms with Crippen LogP contribution in [0.4, 0.5) is 0 Å². The van der Waals surface area contributed by atoms with Gasteiger partial charge in [0.2, 0.25) is 13.1 Å². The second-order valence-corrected chi connectivity index (χ2v) is 4.48. The molecule has 98 valence electrons. The second-order valence-electron chi connectivity index (χ2n) is 3.64. The first-order chi connectivity index (χ1) is 8.40. The second kappa shape index (κ2) is 6.51. The van der Waals surface area contributed by atoms with Crippen LogP contribution >= 0.6 is 23.2 Å². The molecule has 1 rings (SSSR count). The zero-order valence-corrected chi connectivity index (χ0v) is 10.8. The largest absolute Gasteiger partial charge is 0.265 e. The van der Waals surface area contributed by atoms with Gasteiger partial charge in [-0.1, -0.05) is 23.2 Å². The van der Waals surface area contributed by atoms with E-state index >= 15 is 0 Å². The molecule has 0 aliphatic heterocycles. The third-order valence-corrected chi connectivity index (χ3v) is 2.92. The minimum Gasteiger partial charge on any atom is -0.265 e. The van der Waals surface area contributed by atoms with Crippen molar-refractivity contribution in [2.75, 3.05) is 13.1 Å². The molecule has 0 aromatic heterocycles. The maximum atomic E-state index is 10.4. The zero-order chi connectivity index (χ0) is 13.7. The van der Waals surface area contributed by atoms with Crippen LogP contribution in [0, 0.1) is 20.2 Å². The van der Waals surface area contributed by atoms with Crippen molar-refractivity contribution in [2.45, 2.75) is 12.8 Å². The standard InChI is InChI=1S/C10H10Cl2N2O4/c11-8-5-7(1-3-13(15)16)9(10(12)6-8)2-4-14(17)18/h5-6H,1-4H2. The number of nitro groups is 2. The molecular formula is C10H10Cl2N2O4. The summed E-state index contributed by atoms with van der Waals surface area (Å²) in [6.07, 6.45) is 0.288. The van der Waals surface area contributed by atoms with Crippen molar-refractivity contribution < 1.29 is 9.85 Å². The van der Waals surface area contributed by atoms with Crippen molar-refractivity contribution in [1.29, 1.82) is 0 Å². The Kier molecular flexibility index (Phi) is 5.30. The summed E-state index contributed by atoms with van der Waals surface area (Å²) in [5.41, 5.74) is 1.14. The summed E-state index contributed by atoms with van der Waals surface area (Å²) in [4.78, 5) is 19.8. The van der Waals surface area contributed by atoms with E-state index < -0.39 is 9.85 Å². The Balaban J connectivity index is 2.96. The van der Waals surface area contributed by atoms with Gasteiger partial charge < -0.3 is 0 Å². The summed E-state index contributed by atoms with van der Waals surface area (Å²) in [5, 5.41) is 21.4. The molecular weight excluding hydrogens is 283 g/mol. The van der Waals surface area contributed by atoms with E-state index in [0.29, 0.717) is 21.2 Å². The van der Waals surface area contributed by atoms with Gasteiger partial charge in [0.1, 0.15) is 0 Å². The molecule has 0 bridgehead atoms. The van der Waals surface area contributed by atoms with Gasteiger partial charge in [-0.05, 0) is 23.3 Å². The lowest BCUT2D eigenvalue weighted by Gasteiger charge is -2.09. The van der Waals surface area contributed by atoms with Gasteiger partial charge in [0, 0.05) is 32.7 Å². The Labute approximate surface area is 113 Å². The molecule has 0 heterocycles. The third-order valence-electron chi connectivity index (χ3n) is 2.36. The van der Waals surface area contributed by atoms with Crippen LogP contribution in [0.2, 0.25) is 10.0 Å². The van der Waals surface area contributed by atoms with Crippen LogP contribution < -0.4 is 0 Å². The van der Waals surface area contributed by atoms with Crippen LogP contribution in [-0.4, -0.2) is 22.9 Å². The van der Waals surface area contributed by atoms with E-state index in [2.05, 4.69) is 0 Å². The molecule has 0 radical (unpaired) electrons. The molecule has 0 saturated carbocycles. The Morgan fingerprint density at radius 1 is 1.00 bits per heavy atom. The fourth-order valence-corrected chi connectivity index (χ4v) is 2.20. The van der Waals surface area contributed by atoms with Crippen LogP contribution in [0.1, 0.15) is 11.1 Å². The molecule has 0 aliphatic rings. The summed E-state index contributed by atoms with van der Waals surface area (Å²) in [7, 11) is 0. The highest BCUT2D eigenvalue weighted by molar-refractivity contribution is 6.35. The molecule has 0 atom stereocenters. The van der Waals surface area contributed by atoms with Crippen LogP contribution in [0.15, 0.2) is 12.1 Å². The Morgan fingerprint density at radius 3 is 2.11 bits per heavy atom. The monoisotopic (exact) mass is 292 g/mol. The molecule has 0 unspecified atom stereocenters. The maximum Gasteiger partial charge on any atom is 0.207 e. The van der Waals surface area contributed by atoms with Crippen LogP contribution in [-0.2, 0) is 12.8 Å². The Bertz CT molecular complexity index is 479. The minimum atomic E-state index is -0.456. The normalized spacial score (nSPS) is 10.3. The van der Waals surface area contributed by atoms with Crippen molar-refractivity contribution >= 4 is 23.2 Å². The van der Waals surface area contributed by atoms with Gasteiger partial charge in [0.25, 0.3) is 0 Å². The average molecular weight is 293 g/mol. The van der Waals surface area contributed by atoms with Gasteiger partial charge in [0.15, 0.2) is 0 Å². The van der Waals surface area contributed by atoms with Gasteiger partial charge in [-0.3, -0.25) is 20.2 Å². The van der Waals surface area contributed by atoms with Crippen molar-refractivity contribution in [3.63, 3.8) is 0 Å². The number of nitrogens with zero attached hydrogens (tertiary/aromatic N) is 2. The molecule has 6 nitrogen and oxygen atoms in total. The van der Waals surface area contributed by atoms with Gasteiger partial charge in [-0.25, -0.2) is 0 Å². The maximum absolute atomic E-state index is 10.4. The highest BCUT2D eigenvalue weighted by Gasteiger charge is 2.13. The van der Waals surface area contributed by atoms with Gasteiger partial charge in [-0.2, -0.15) is 0 Å². The average Bonchev–Trinajstić information content (AvgIpc) is 2.24. The van der Waals surface area contributed by atoms with Gasteiger partial charge >= 0.3 is 0 Å². The number of rotatable bonds is 6.